The predicted molar refractivity (Wildman–Crippen MR) is 75.2 cm³/mol. The number of carbonyl (C=O) groups is 1. The summed E-state index contributed by atoms with van der Waals surface area (Å²) >= 11 is 0. The Balaban J connectivity index is 2.08. The largest absolute Gasteiger partial charge is 0.465 e. The van der Waals surface area contributed by atoms with Gasteiger partial charge in [-0.2, -0.15) is 0 Å². The maximum absolute atomic E-state index is 13.5. The Bertz CT molecular complexity index is 689. The Kier molecular flexibility index (Phi) is 3.21. The topological polar surface area (TPSA) is 43.8 Å². The van der Waals surface area contributed by atoms with Crippen molar-refractivity contribution in [3.8, 4) is 0 Å². The second kappa shape index (κ2) is 5.05. The molecule has 108 valence electrons. The van der Waals surface area contributed by atoms with Crippen LogP contribution in [0.3, 0.4) is 0 Å². The van der Waals surface area contributed by atoms with E-state index in [0.717, 1.165) is 0 Å². The average Bonchev–Trinajstić information content (AvgIpc) is 2.46. The van der Waals surface area contributed by atoms with Crippen molar-refractivity contribution in [1.82, 2.24) is 0 Å². The summed E-state index contributed by atoms with van der Waals surface area (Å²) in [7, 11) is 0. The van der Waals surface area contributed by atoms with E-state index in [1.807, 2.05) is 0 Å². The molecule has 0 saturated heterocycles. The summed E-state index contributed by atoms with van der Waals surface area (Å²) in [4.78, 5) is 14.2. The second-order valence-corrected chi connectivity index (χ2v) is 4.70. The number of rotatable bonds is 1. The molecule has 1 heterocycles. The fraction of sp³-hybridized carbons (Fsp3) is 0.133. The van der Waals surface area contributed by atoms with Gasteiger partial charge in [-0.1, -0.05) is 0 Å². The normalized spacial score (nSPS) is 14.0. The lowest BCUT2D eigenvalue weighted by Gasteiger charge is -2.36. The summed E-state index contributed by atoms with van der Waals surface area (Å²) in [6, 6.07) is 9.75. The lowest BCUT2D eigenvalue weighted by atomic mass is 10.1. The highest BCUT2D eigenvalue weighted by molar-refractivity contribution is 5.94. The highest BCUT2D eigenvalue weighted by atomic mass is 19.1. The third-order valence-electron chi connectivity index (χ3n) is 3.44. The fourth-order valence-electron chi connectivity index (χ4n) is 2.47. The maximum atomic E-state index is 13.5. The molecule has 2 aromatic carbocycles. The molecular formula is C15H12F2N2O2. The molecule has 1 aliphatic rings. The Labute approximate surface area is 119 Å². The smallest absolute Gasteiger partial charge is 0.411 e. The lowest BCUT2D eigenvalue weighted by Crippen LogP contribution is -2.41. The average molecular weight is 290 g/mol. The summed E-state index contributed by atoms with van der Waals surface area (Å²) in [5.41, 5.74) is 1.56. The van der Waals surface area contributed by atoms with E-state index in [-0.39, 0.29) is 12.4 Å². The summed E-state index contributed by atoms with van der Waals surface area (Å²) in [5.74, 6) is -0.810. The van der Waals surface area contributed by atoms with Gasteiger partial charge in [0.05, 0.1) is 11.4 Å². The molecule has 2 aromatic rings. The summed E-state index contributed by atoms with van der Waals surface area (Å²) in [5, 5.41) is 9.21. The molecule has 4 nitrogen and oxygen atoms in total. The quantitative estimate of drug-likeness (QED) is 0.872. The van der Waals surface area contributed by atoms with Gasteiger partial charge in [0.1, 0.15) is 11.6 Å². The van der Waals surface area contributed by atoms with Crippen molar-refractivity contribution in [2.45, 2.75) is 0 Å². The third-order valence-corrected chi connectivity index (χ3v) is 3.44. The van der Waals surface area contributed by atoms with Crippen LogP contribution in [0.2, 0.25) is 0 Å². The number of carboxylic acid groups (broad SMARTS) is 1. The van der Waals surface area contributed by atoms with Crippen LogP contribution >= 0.6 is 0 Å². The van der Waals surface area contributed by atoms with Crippen LogP contribution in [0.4, 0.5) is 30.6 Å². The standard InChI is InChI=1S/C15H12F2N2O2/c16-10-1-4-12(5-2-10)18-7-8-19(15(20)21)13-6-3-11(17)9-14(13)18/h1-6,9H,7-8H2,(H,20,21). The summed E-state index contributed by atoms with van der Waals surface area (Å²) in [6.45, 7) is 0.625. The van der Waals surface area contributed by atoms with Gasteiger partial charge in [-0.3, -0.25) is 4.90 Å². The first-order valence-electron chi connectivity index (χ1n) is 6.39. The first-order valence-corrected chi connectivity index (χ1v) is 6.39. The molecule has 0 unspecified atom stereocenters. The molecule has 1 amide bonds. The minimum absolute atomic E-state index is 0.255. The lowest BCUT2D eigenvalue weighted by molar-refractivity contribution is 0.201. The van der Waals surface area contributed by atoms with Crippen LogP contribution in [0, 0.1) is 11.6 Å². The minimum atomic E-state index is -1.08. The van der Waals surface area contributed by atoms with E-state index in [1.165, 1.54) is 35.2 Å². The van der Waals surface area contributed by atoms with Gasteiger partial charge in [0, 0.05) is 18.8 Å². The Morgan fingerprint density at radius 1 is 0.952 bits per heavy atom. The molecule has 0 aromatic heterocycles. The monoisotopic (exact) mass is 290 g/mol. The second-order valence-electron chi connectivity index (χ2n) is 4.70. The maximum Gasteiger partial charge on any atom is 0.411 e. The highest BCUT2D eigenvalue weighted by Gasteiger charge is 2.27. The van der Waals surface area contributed by atoms with Crippen LogP contribution in [-0.4, -0.2) is 24.3 Å². The Hall–Kier alpha value is -2.63. The van der Waals surface area contributed by atoms with Gasteiger partial charge < -0.3 is 10.0 Å². The summed E-state index contributed by atoms with van der Waals surface area (Å²) in [6.07, 6.45) is -1.08. The first-order chi connectivity index (χ1) is 10.1. The van der Waals surface area contributed by atoms with Gasteiger partial charge in [0.25, 0.3) is 0 Å². The van der Waals surface area contributed by atoms with E-state index in [9.17, 15) is 18.7 Å². The van der Waals surface area contributed by atoms with Crippen molar-refractivity contribution in [3.05, 3.63) is 54.1 Å². The zero-order valence-electron chi connectivity index (χ0n) is 11.0. The number of fused-ring (bicyclic) bond motifs is 1. The fourth-order valence-corrected chi connectivity index (χ4v) is 2.47. The number of anilines is 3. The highest BCUT2D eigenvalue weighted by Crippen LogP contribution is 2.38. The molecule has 6 heteroatoms. The van der Waals surface area contributed by atoms with Crippen molar-refractivity contribution in [1.29, 1.82) is 0 Å². The molecule has 0 fully saturated rings. The molecule has 21 heavy (non-hydrogen) atoms. The minimum Gasteiger partial charge on any atom is -0.465 e. The number of amides is 1. The van der Waals surface area contributed by atoms with Crippen LogP contribution in [0.1, 0.15) is 0 Å². The summed E-state index contributed by atoms with van der Waals surface area (Å²) < 4.78 is 26.5. The van der Waals surface area contributed by atoms with Gasteiger partial charge in [0.15, 0.2) is 0 Å². The molecular weight excluding hydrogens is 278 g/mol. The number of halogens is 2. The first kappa shape index (κ1) is 13.4. The molecule has 0 radical (unpaired) electrons. The molecule has 0 atom stereocenters. The third kappa shape index (κ3) is 2.40. The molecule has 1 aliphatic heterocycles. The van der Waals surface area contributed by atoms with Crippen LogP contribution < -0.4 is 9.80 Å². The van der Waals surface area contributed by atoms with Crippen molar-refractivity contribution >= 4 is 23.2 Å². The van der Waals surface area contributed by atoms with Crippen LogP contribution in [0.15, 0.2) is 42.5 Å². The van der Waals surface area contributed by atoms with E-state index < -0.39 is 11.9 Å². The number of hydrogen-bond acceptors (Lipinski definition) is 2. The Morgan fingerprint density at radius 3 is 2.29 bits per heavy atom. The van der Waals surface area contributed by atoms with E-state index in [0.29, 0.717) is 23.6 Å². The van der Waals surface area contributed by atoms with Gasteiger partial charge in [0.2, 0.25) is 0 Å². The Morgan fingerprint density at radius 2 is 1.62 bits per heavy atom. The van der Waals surface area contributed by atoms with Crippen molar-refractivity contribution in [2.24, 2.45) is 0 Å². The van der Waals surface area contributed by atoms with Gasteiger partial charge >= 0.3 is 6.09 Å². The molecule has 0 saturated carbocycles. The van der Waals surface area contributed by atoms with Crippen LogP contribution in [-0.2, 0) is 0 Å². The number of benzene rings is 2. The molecule has 1 N–H and O–H groups in total. The van der Waals surface area contributed by atoms with Gasteiger partial charge in [-0.25, -0.2) is 13.6 Å². The molecule has 0 spiro atoms. The van der Waals surface area contributed by atoms with E-state index in [2.05, 4.69) is 0 Å². The number of nitrogens with zero attached hydrogens (tertiary/aromatic N) is 2. The van der Waals surface area contributed by atoms with Crippen LogP contribution in [0.25, 0.3) is 0 Å². The predicted octanol–water partition coefficient (Wildman–Crippen LogP) is 3.60. The van der Waals surface area contributed by atoms with E-state index in [1.54, 1.807) is 17.0 Å². The molecule has 0 bridgehead atoms. The van der Waals surface area contributed by atoms with Crippen molar-refractivity contribution in [2.75, 3.05) is 22.9 Å². The van der Waals surface area contributed by atoms with Gasteiger partial charge in [-0.05, 0) is 42.5 Å². The van der Waals surface area contributed by atoms with Crippen LogP contribution in [0.5, 0.6) is 0 Å². The van der Waals surface area contributed by atoms with E-state index >= 15 is 0 Å². The molecule has 0 aliphatic carbocycles. The zero-order valence-corrected chi connectivity index (χ0v) is 11.0. The van der Waals surface area contributed by atoms with Gasteiger partial charge in [-0.15, -0.1) is 0 Å². The van der Waals surface area contributed by atoms with E-state index in [4.69, 9.17) is 0 Å². The molecule has 3 rings (SSSR count). The zero-order chi connectivity index (χ0) is 15.0. The van der Waals surface area contributed by atoms with Crippen molar-refractivity contribution < 1.29 is 18.7 Å². The van der Waals surface area contributed by atoms with Crippen molar-refractivity contribution in [3.63, 3.8) is 0 Å². The number of hydrogen-bond donors (Lipinski definition) is 1. The SMILES string of the molecule is O=C(O)N1CCN(c2ccc(F)cc2)c2cc(F)ccc21.